The number of ether oxygens (including phenoxy) is 2. The van der Waals surface area contributed by atoms with Gasteiger partial charge >= 0.3 is 12.2 Å². The first-order valence-electron chi connectivity index (χ1n) is 13.7. The van der Waals surface area contributed by atoms with Crippen molar-refractivity contribution in [2.24, 2.45) is 11.8 Å². The summed E-state index contributed by atoms with van der Waals surface area (Å²) in [7, 11) is 0. The molecule has 1 fully saturated rings. The van der Waals surface area contributed by atoms with E-state index in [2.05, 4.69) is 13.8 Å². The maximum atomic E-state index is 14.8. The van der Waals surface area contributed by atoms with Crippen molar-refractivity contribution in [2.75, 3.05) is 0 Å². The van der Waals surface area contributed by atoms with Gasteiger partial charge in [0.05, 0.1) is 12.2 Å². The molecule has 3 aliphatic carbocycles. The summed E-state index contributed by atoms with van der Waals surface area (Å²) in [6.45, 7) is 4.29. The average molecular weight is 489 g/mol. The van der Waals surface area contributed by atoms with E-state index in [0.29, 0.717) is 37.5 Å². The molecule has 3 rings (SSSR count). The van der Waals surface area contributed by atoms with E-state index >= 15 is 0 Å². The van der Waals surface area contributed by atoms with Gasteiger partial charge in [0.2, 0.25) is 0 Å². The molecule has 0 radical (unpaired) electrons. The molecular weight excluding hydrogens is 444 g/mol. The van der Waals surface area contributed by atoms with Gasteiger partial charge in [-0.1, -0.05) is 64.5 Å². The van der Waals surface area contributed by atoms with Crippen molar-refractivity contribution in [1.29, 1.82) is 0 Å². The Morgan fingerprint density at radius 1 is 0.676 bits per heavy atom. The topological polar surface area (TPSA) is 18.5 Å². The third-order valence-corrected chi connectivity index (χ3v) is 7.97. The molecule has 0 aromatic heterocycles. The molecule has 0 aliphatic heterocycles. The summed E-state index contributed by atoms with van der Waals surface area (Å²) in [5.74, 6) is 1.10. The molecule has 0 spiro atoms. The standard InChI is InChI=1S/C28H44F4O2/c1-3-5-6-8-22-11-17-25(18-12-22)33-28(31,32)24-15-19-26(20-16-24)34-27(29,30)23-13-9-21(7-4-2)10-14-23/h13,15,21-22,25-26H,3-12,14,16-20H2,1-2H3. The van der Waals surface area contributed by atoms with E-state index < -0.39 is 24.4 Å². The first-order valence-corrected chi connectivity index (χ1v) is 13.7. The molecule has 3 aliphatic rings. The molecule has 0 heterocycles. The van der Waals surface area contributed by atoms with Crippen molar-refractivity contribution in [3.05, 3.63) is 23.3 Å². The van der Waals surface area contributed by atoms with Crippen LogP contribution in [0.5, 0.6) is 0 Å². The minimum atomic E-state index is -3.33. The lowest BCUT2D eigenvalue weighted by Gasteiger charge is -2.34. The lowest BCUT2D eigenvalue weighted by atomic mass is 9.84. The monoisotopic (exact) mass is 488 g/mol. The molecule has 0 N–H and O–H groups in total. The molecule has 2 nitrogen and oxygen atoms in total. The average Bonchev–Trinajstić information content (AvgIpc) is 2.81. The highest BCUT2D eigenvalue weighted by Gasteiger charge is 2.43. The fourth-order valence-electron chi connectivity index (χ4n) is 5.80. The van der Waals surface area contributed by atoms with Crippen LogP contribution in [0, 0.1) is 11.8 Å². The number of unbranched alkanes of at least 4 members (excludes halogenated alkanes) is 2. The van der Waals surface area contributed by atoms with Crippen LogP contribution >= 0.6 is 0 Å². The fraction of sp³-hybridized carbons (Fsp3) is 0.857. The number of hydrogen-bond donors (Lipinski definition) is 0. The van der Waals surface area contributed by atoms with E-state index in [-0.39, 0.29) is 30.4 Å². The van der Waals surface area contributed by atoms with E-state index in [1.54, 1.807) is 6.08 Å². The van der Waals surface area contributed by atoms with Crippen LogP contribution in [0.2, 0.25) is 0 Å². The van der Waals surface area contributed by atoms with E-state index in [1.165, 1.54) is 31.8 Å². The van der Waals surface area contributed by atoms with Gasteiger partial charge in [-0.15, -0.1) is 0 Å². The van der Waals surface area contributed by atoms with Crippen LogP contribution in [0.15, 0.2) is 23.3 Å². The van der Waals surface area contributed by atoms with Gasteiger partial charge in [0, 0.05) is 11.1 Å². The predicted octanol–water partition coefficient (Wildman–Crippen LogP) is 9.35. The third kappa shape index (κ3) is 8.08. The molecule has 0 aromatic carbocycles. The van der Waals surface area contributed by atoms with Crippen molar-refractivity contribution in [1.82, 2.24) is 0 Å². The van der Waals surface area contributed by atoms with Gasteiger partial charge in [0.15, 0.2) is 0 Å². The first-order chi connectivity index (χ1) is 16.2. The summed E-state index contributed by atoms with van der Waals surface area (Å²) in [6, 6.07) is 0. The van der Waals surface area contributed by atoms with Gasteiger partial charge in [-0.2, -0.15) is 17.6 Å². The molecule has 1 saturated carbocycles. The zero-order chi connectivity index (χ0) is 24.6. The van der Waals surface area contributed by atoms with Crippen molar-refractivity contribution < 1.29 is 27.0 Å². The second-order valence-electron chi connectivity index (χ2n) is 10.7. The molecule has 6 heteroatoms. The Balaban J connectivity index is 1.44. The fourth-order valence-corrected chi connectivity index (χ4v) is 5.80. The van der Waals surface area contributed by atoms with Crippen molar-refractivity contribution in [3.8, 4) is 0 Å². The third-order valence-electron chi connectivity index (χ3n) is 7.97. The van der Waals surface area contributed by atoms with Crippen molar-refractivity contribution in [3.63, 3.8) is 0 Å². The Labute approximate surface area is 203 Å². The second-order valence-corrected chi connectivity index (χ2v) is 10.7. The highest BCUT2D eigenvalue weighted by molar-refractivity contribution is 5.15. The summed E-state index contributed by atoms with van der Waals surface area (Å²) >= 11 is 0. The number of alkyl halides is 4. The number of hydrogen-bond acceptors (Lipinski definition) is 2. The number of halogens is 4. The quantitative estimate of drug-likeness (QED) is 0.155. The molecule has 0 aromatic rings. The number of rotatable bonds is 12. The summed E-state index contributed by atoms with van der Waals surface area (Å²) in [4.78, 5) is 0. The second kappa shape index (κ2) is 12.9. The van der Waals surface area contributed by atoms with E-state index in [1.807, 2.05) is 0 Å². The Morgan fingerprint density at radius 3 is 1.82 bits per heavy atom. The molecule has 2 atom stereocenters. The van der Waals surface area contributed by atoms with E-state index in [4.69, 9.17) is 9.47 Å². The predicted molar refractivity (Wildman–Crippen MR) is 128 cm³/mol. The van der Waals surface area contributed by atoms with Gasteiger partial charge in [-0.05, 0) is 76.0 Å². The minimum Gasteiger partial charge on any atom is -0.313 e. The van der Waals surface area contributed by atoms with E-state index in [0.717, 1.165) is 32.1 Å². The van der Waals surface area contributed by atoms with Gasteiger partial charge in [-0.25, -0.2) is 0 Å². The summed E-state index contributed by atoms with van der Waals surface area (Å²) in [5, 5.41) is 0. The number of allylic oxidation sites excluding steroid dienone is 1. The van der Waals surface area contributed by atoms with Crippen molar-refractivity contribution >= 4 is 0 Å². The summed E-state index contributed by atoms with van der Waals surface area (Å²) in [5.41, 5.74) is -0.0337. The molecular formula is C28H44F4O2. The molecule has 0 amide bonds. The molecule has 2 unspecified atom stereocenters. The maximum Gasteiger partial charge on any atom is 0.379 e. The van der Waals surface area contributed by atoms with E-state index in [9.17, 15) is 17.6 Å². The van der Waals surface area contributed by atoms with Crippen LogP contribution in [-0.2, 0) is 9.47 Å². The first kappa shape index (κ1) is 27.7. The Hall–Kier alpha value is -0.880. The Bertz CT molecular complexity index is 680. The normalized spacial score (nSPS) is 29.0. The zero-order valence-corrected chi connectivity index (χ0v) is 21.1. The maximum absolute atomic E-state index is 14.8. The lowest BCUT2D eigenvalue weighted by molar-refractivity contribution is -0.250. The van der Waals surface area contributed by atoms with Crippen LogP contribution in [0.1, 0.15) is 117 Å². The van der Waals surface area contributed by atoms with Crippen LogP contribution in [0.3, 0.4) is 0 Å². The van der Waals surface area contributed by atoms with Crippen LogP contribution in [-0.4, -0.2) is 24.4 Å². The lowest BCUT2D eigenvalue weighted by Crippen LogP contribution is -2.36. The smallest absolute Gasteiger partial charge is 0.313 e. The largest absolute Gasteiger partial charge is 0.379 e. The van der Waals surface area contributed by atoms with Gasteiger partial charge in [0.25, 0.3) is 0 Å². The summed E-state index contributed by atoms with van der Waals surface area (Å²) in [6.07, 6.45) is 7.41. The zero-order valence-electron chi connectivity index (χ0n) is 21.1. The molecule has 34 heavy (non-hydrogen) atoms. The Morgan fingerprint density at radius 2 is 1.29 bits per heavy atom. The van der Waals surface area contributed by atoms with Gasteiger partial charge in [0.1, 0.15) is 0 Å². The van der Waals surface area contributed by atoms with Crippen molar-refractivity contribution in [2.45, 2.75) is 141 Å². The highest BCUT2D eigenvalue weighted by Crippen LogP contribution is 2.41. The summed E-state index contributed by atoms with van der Waals surface area (Å²) < 4.78 is 69.4. The van der Waals surface area contributed by atoms with Gasteiger partial charge < -0.3 is 9.47 Å². The molecule has 0 saturated heterocycles. The SMILES string of the molecule is CCCCCC1CCC(OC(F)(F)C2=CCC(OC(F)(F)C3=CCC(CCC)CC3)CC2)CC1. The Kier molecular flexibility index (Phi) is 10.5. The minimum absolute atomic E-state index is 0.0255. The highest BCUT2D eigenvalue weighted by atomic mass is 19.3. The van der Waals surface area contributed by atoms with Crippen LogP contribution in [0.25, 0.3) is 0 Å². The van der Waals surface area contributed by atoms with Gasteiger partial charge in [-0.3, -0.25) is 0 Å². The molecule has 196 valence electrons. The molecule has 0 bridgehead atoms. The van der Waals surface area contributed by atoms with Crippen LogP contribution in [0.4, 0.5) is 17.6 Å². The van der Waals surface area contributed by atoms with Crippen LogP contribution < -0.4 is 0 Å².